The van der Waals surface area contributed by atoms with Crippen LogP contribution in [0.1, 0.15) is 37.8 Å². The van der Waals surface area contributed by atoms with Crippen LogP contribution in [0.5, 0.6) is 0 Å². The number of benzene rings is 2. The van der Waals surface area contributed by atoms with Gasteiger partial charge in [0, 0.05) is 18.5 Å². The summed E-state index contributed by atoms with van der Waals surface area (Å²) in [7, 11) is 4.14. The predicted octanol–water partition coefficient (Wildman–Crippen LogP) is 5.41. The third-order valence-corrected chi connectivity index (χ3v) is 4.90. The Balaban J connectivity index is 0.00000133. The second-order valence-corrected chi connectivity index (χ2v) is 6.76. The summed E-state index contributed by atoms with van der Waals surface area (Å²) in [5.41, 5.74) is 1.60. The Morgan fingerprint density at radius 3 is 1.79 bits per heavy atom. The van der Waals surface area contributed by atoms with Crippen LogP contribution < -0.4 is 0 Å². The number of Topliss-reactive ketones (excluding diaryl/α,β-unsaturated/α-hetero) is 1. The Morgan fingerprint density at radius 1 is 1.11 bits per heavy atom. The van der Waals surface area contributed by atoms with E-state index in [0.717, 1.165) is 17.5 Å². The molecule has 4 heteroatoms. The third-order valence-electron chi connectivity index (χ3n) is 4.90. The number of ketones is 1. The van der Waals surface area contributed by atoms with E-state index in [4.69, 9.17) is 5.26 Å². The SMILES string of the molecule is C=CC#N.CCC(=O)C(CC(C)N(C)C)(c1ccccc1)c1ccccc1.Cl. The van der Waals surface area contributed by atoms with E-state index in [1.54, 1.807) is 6.07 Å². The largest absolute Gasteiger partial charge is 0.307 e. The van der Waals surface area contributed by atoms with Crippen molar-refractivity contribution in [2.45, 2.75) is 38.1 Å². The van der Waals surface area contributed by atoms with Gasteiger partial charge in [0.05, 0.1) is 11.5 Å². The van der Waals surface area contributed by atoms with E-state index in [1.165, 1.54) is 6.08 Å². The molecule has 0 aromatic heterocycles. The Hall–Kier alpha value is -2.41. The van der Waals surface area contributed by atoms with Gasteiger partial charge in [-0.3, -0.25) is 4.79 Å². The minimum absolute atomic E-state index is 0. The van der Waals surface area contributed by atoms with Gasteiger partial charge in [-0.05, 0) is 38.6 Å². The van der Waals surface area contributed by atoms with Crippen LogP contribution in [0.25, 0.3) is 0 Å². The van der Waals surface area contributed by atoms with E-state index < -0.39 is 5.41 Å². The van der Waals surface area contributed by atoms with Gasteiger partial charge >= 0.3 is 0 Å². The van der Waals surface area contributed by atoms with Crippen LogP contribution in [0, 0.1) is 11.3 Å². The molecule has 0 radical (unpaired) electrons. The minimum Gasteiger partial charge on any atom is -0.307 e. The maximum atomic E-state index is 13.2. The summed E-state index contributed by atoms with van der Waals surface area (Å²) < 4.78 is 0. The highest BCUT2D eigenvalue weighted by atomic mass is 35.5. The zero-order chi connectivity index (χ0) is 20.3. The molecule has 2 rings (SSSR count). The molecule has 150 valence electrons. The Bertz CT molecular complexity index is 712. The lowest BCUT2D eigenvalue weighted by molar-refractivity contribution is -0.123. The summed E-state index contributed by atoms with van der Waals surface area (Å²) in [6.45, 7) is 7.26. The average Bonchev–Trinajstić information content (AvgIpc) is 2.72. The van der Waals surface area contributed by atoms with Gasteiger partial charge in [-0.2, -0.15) is 5.26 Å². The molecule has 0 bridgehead atoms. The van der Waals surface area contributed by atoms with E-state index in [1.807, 2.05) is 43.3 Å². The number of nitrogens with zero attached hydrogens (tertiary/aromatic N) is 2. The molecule has 1 unspecified atom stereocenters. The van der Waals surface area contributed by atoms with Crippen LogP contribution in [0.15, 0.2) is 73.3 Å². The molecule has 0 fully saturated rings. The van der Waals surface area contributed by atoms with Gasteiger partial charge in [-0.1, -0.05) is 74.2 Å². The lowest BCUT2D eigenvalue weighted by Crippen LogP contribution is -2.42. The fraction of sp³-hybridized carbons (Fsp3) is 0.333. The quantitative estimate of drug-likeness (QED) is 0.585. The number of carbonyl (C=O) groups is 1. The van der Waals surface area contributed by atoms with E-state index in [2.05, 4.69) is 56.8 Å². The van der Waals surface area contributed by atoms with E-state index in [9.17, 15) is 4.79 Å². The van der Waals surface area contributed by atoms with Crippen LogP contribution in [0.2, 0.25) is 0 Å². The molecule has 1 atom stereocenters. The number of allylic oxidation sites excluding steroid dienone is 1. The van der Waals surface area contributed by atoms with Gasteiger partial charge in [0.15, 0.2) is 0 Å². The molecule has 0 aliphatic carbocycles. The molecule has 0 saturated heterocycles. The van der Waals surface area contributed by atoms with Crippen molar-refractivity contribution < 1.29 is 4.79 Å². The molecule has 0 saturated carbocycles. The minimum atomic E-state index is -0.582. The van der Waals surface area contributed by atoms with Gasteiger partial charge < -0.3 is 4.90 Å². The van der Waals surface area contributed by atoms with Gasteiger partial charge in [0.1, 0.15) is 5.78 Å². The predicted molar refractivity (Wildman–Crippen MR) is 120 cm³/mol. The summed E-state index contributed by atoms with van der Waals surface area (Å²) >= 11 is 0. The van der Waals surface area contributed by atoms with Gasteiger partial charge in [-0.25, -0.2) is 0 Å². The summed E-state index contributed by atoms with van der Waals surface area (Å²) in [6.07, 6.45) is 2.49. The van der Waals surface area contributed by atoms with Crippen molar-refractivity contribution in [1.82, 2.24) is 4.90 Å². The van der Waals surface area contributed by atoms with Crippen molar-refractivity contribution >= 4 is 18.2 Å². The highest BCUT2D eigenvalue weighted by Crippen LogP contribution is 2.39. The van der Waals surface area contributed by atoms with Gasteiger partial charge in [0.25, 0.3) is 0 Å². The van der Waals surface area contributed by atoms with Crippen molar-refractivity contribution in [3.63, 3.8) is 0 Å². The van der Waals surface area contributed by atoms with Crippen molar-refractivity contribution in [3.8, 4) is 6.07 Å². The van der Waals surface area contributed by atoms with Gasteiger partial charge in [-0.15, -0.1) is 12.4 Å². The first kappa shape index (κ1) is 25.6. The van der Waals surface area contributed by atoms with Gasteiger partial charge in [0.2, 0.25) is 0 Å². The lowest BCUT2D eigenvalue weighted by Gasteiger charge is -2.37. The summed E-state index contributed by atoms with van der Waals surface area (Å²) in [6, 6.07) is 22.4. The first-order valence-electron chi connectivity index (χ1n) is 9.25. The second-order valence-electron chi connectivity index (χ2n) is 6.76. The van der Waals surface area contributed by atoms with Crippen molar-refractivity contribution in [2.24, 2.45) is 0 Å². The number of hydrogen-bond acceptors (Lipinski definition) is 3. The fourth-order valence-corrected chi connectivity index (χ4v) is 3.21. The molecule has 0 spiro atoms. The molecule has 3 nitrogen and oxygen atoms in total. The Morgan fingerprint density at radius 2 is 1.50 bits per heavy atom. The number of hydrogen-bond donors (Lipinski definition) is 0. The second kappa shape index (κ2) is 12.9. The van der Waals surface area contributed by atoms with Crippen LogP contribution in [0.4, 0.5) is 0 Å². The monoisotopic (exact) mass is 398 g/mol. The topological polar surface area (TPSA) is 44.1 Å². The summed E-state index contributed by atoms with van der Waals surface area (Å²) in [4.78, 5) is 15.4. The maximum absolute atomic E-state index is 13.2. The fourth-order valence-electron chi connectivity index (χ4n) is 3.21. The number of nitriles is 1. The number of carbonyl (C=O) groups excluding carboxylic acids is 1. The lowest BCUT2D eigenvalue weighted by atomic mass is 9.67. The van der Waals surface area contributed by atoms with Crippen LogP contribution in [-0.4, -0.2) is 30.8 Å². The molecule has 2 aromatic carbocycles. The zero-order valence-corrected chi connectivity index (χ0v) is 18.1. The first-order valence-corrected chi connectivity index (χ1v) is 9.25. The Kier molecular flexibility index (Phi) is 11.8. The molecular weight excluding hydrogens is 368 g/mol. The normalized spacial score (nSPS) is 11.3. The van der Waals surface area contributed by atoms with Crippen molar-refractivity contribution in [1.29, 1.82) is 5.26 Å². The number of rotatable bonds is 7. The standard InChI is InChI=1S/C21H27NO.C3H3N.ClH/c1-5-20(23)21(16-17(2)22(3)4,18-12-8-6-9-13-18)19-14-10-7-11-15-19;1-2-3-4;/h6-15,17H,5,16H2,1-4H3;2H,1H2;1H. The van der Waals surface area contributed by atoms with Crippen molar-refractivity contribution in [3.05, 3.63) is 84.4 Å². The Labute approximate surface area is 176 Å². The van der Waals surface area contributed by atoms with Crippen LogP contribution in [0.3, 0.4) is 0 Å². The smallest absolute Gasteiger partial charge is 0.147 e. The molecule has 0 aliphatic heterocycles. The van der Waals surface area contributed by atoms with E-state index >= 15 is 0 Å². The van der Waals surface area contributed by atoms with Crippen LogP contribution in [-0.2, 0) is 10.2 Å². The van der Waals surface area contributed by atoms with E-state index in [-0.39, 0.29) is 18.2 Å². The maximum Gasteiger partial charge on any atom is 0.147 e. The zero-order valence-electron chi connectivity index (χ0n) is 17.3. The molecule has 0 aliphatic rings. The molecule has 0 amide bonds. The summed E-state index contributed by atoms with van der Waals surface area (Å²) in [5.74, 6) is 0.281. The highest BCUT2D eigenvalue weighted by Gasteiger charge is 2.41. The van der Waals surface area contributed by atoms with Crippen LogP contribution >= 0.6 is 12.4 Å². The number of halogens is 1. The first-order chi connectivity index (χ1) is 12.9. The molecule has 0 heterocycles. The molecule has 0 N–H and O–H groups in total. The molecule has 28 heavy (non-hydrogen) atoms. The van der Waals surface area contributed by atoms with E-state index in [0.29, 0.717) is 12.5 Å². The molecule has 2 aromatic rings. The average molecular weight is 399 g/mol. The molecular formula is C24H31ClN2O. The van der Waals surface area contributed by atoms with Crippen molar-refractivity contribution in [2.75, 3.05) is 14.1 Å². The third kappa shape index (κ3) is 6.34. The summed E-state index contributed by atoms with van der Waals surface area (Å²) in [5, 5.41) is 7.51. The highest BCUT2D eigenvalue weighted by molar-refractivity contribution is 5.93.